The van der Waals surface area contributed by atoms with Crippen LogP contribution in [-0.4, -0.2) is 31.6 Å². The molecule has 0 spiro atoms. The molecule has 2 nitrogen and oxygen atoms in total. The van der Waals surface area contributed by atoms with E-state index in [1.165, 1.54) is 12.5 Å². The number of halogens is 1. The van der Waals surface area contributed by atoms with Crippen molar-refractivity contribution >= 4 is 0 Å². The van der Waals surface area contributed by atoms with Gasteiger partial charge in [-0.25, -0.2) is 4.39 Å². The largest absolute Gasteiger partial charge is 0.319 e. The first-order valence-electron chi connectivity index (χ1n) is 5.89. The minimum absolute atomic E-state index is 0.136. The van der Waals surface area contributed by atoms with Crippen LogP contribution < -0.4 is 5.32 Å². The van der Waals surface area contributed by atoms with Crippen molar-refractivity contribution in [2.45, 2.75) is 13.0 Å². The van der Waals surface area contributed by atoms with E-state index in [0.717, 1.165) is 37.7 Å². The Kier molecular flexibility index (Phi) is 3.91. The van der Waals surface area contributed by atoms with Crippen molar-refractivity contribution in [1.29, 1.82) is 0 Å². The molecule has 2 rings (SSSR count). The molecule has 3 heteroatoms. The molecular weight excluding hydrogens is 203 g/mol. The predicted octanol–water partition coefficient (Wildman–Crippen LogP) is 1.87. The number of likely N-dealkylation sites (tertiary alicyclic amines) is 1. The van der Waals surface area contributed by atoms with Gasteiger partial charge >= 0.3 is 0 Å². The summed E-state index contributed by atoms with van der Waals surface area (Å²) in [6.07, 6.45) is 1.25. The van der Waals surface area contributed by atoms with Gasteiger partial charge in [-0.05, 0) is 50.2 Å². The number of nitrogens with zero attached hydrogens (tertiary/aromatic N) is 1. The Morgan fingerprint density at radius 3 is 3.12 bits per heavy atom. The lowest BCUT2D eigenvalue weighted by molar-refractivity contribution is 0.315. The van der Waals surface area contributed by atoms with Crippen molar-refractivity contribution in [3.05, 3.63) is 35.6 Å². The van der Waals surface area contributed by atoms with E-state index in [-0.39, 0.29) is 5.82 Å². The van der Waals surface area contributed by atoms with E-state index in [9.17, 15) is 4.39 Å². The molecule has 1 N–H and O–H groups in total. The zero-order valence-corrected chi connectivity index (χ0v) is 9.75. The molecule has 0 aliphatic carbocycles. The Morgan fingerprint density at radius 1 is 1.50 bits per heavy atom. The normalized spacial score (nSPS) is 21.5. The average molecular weight is 222 g/mol. The third-order valence-corrected chi connectivity index (χ3v) is 3.16. The number of nitrogens with one attached hydrogen (secondary N) is 1. The van der Waals surface area contributed by atoms with Crippen molar-refractivity contribution in [1.82, 2.24) is 10.2 Å². The van der Waals surface area contributed by atoms with Crippen LogP contribution in [-0.2, 0) is 6.54 Å². The molecule has 1 fully saturated rings. The first kappa shape index (κ1) is 11.6. The molecule has 1 aliphatic rings. The van der Waals surface area contributed by atoms with Crippen molar-refractivity contribution in [2.24, 2.45) is 5.92 Å². The number of hydrogen-bond acceptors (Lipinski definition) is 2. The van der Waals surface area contributed by atoms with Crippen LogP contribution in [0.1, 0.15) is 12.0 Å². The summed E-state index contributed by atoms with van der Waals surface area (Å²) in [7, 11) is 2.00. The predicted molar refractivity (Wildman–Crippen MR) is 63.7 cm³/mol. The molecule has 1 aromatic rings. The van der Waals surface area contributed by atoms with Gasteiger partial charge < -0.3 is 5.32 Å². The maximum Gasteiger partial charge on any atom is 0.123 e. The highest BCUT2D eigenvalue weighted by molar-refractivity contribution is 5.16. The van der Waals surface area contributed by atoms with Gasteiger partial charge in [0.1, 0.15) is 5.82 Å². The van der Waals surface area contributed by atoms with Crippen LogP contribution in [0, 0.1) is 11.7 Å². The van der Waals surface area contributed by atoms with Crippen LogP contribution in [0.15, 0.2) is 24.3 Å². The highest BCUT2D eigenvalue weighted by Gasteiger charge is 2.21. The molecule has 1 heterocycles. The van der Waals surface area contributed by atoms with E-state index in [1.807, 2.05) is 13.1 Å². The first-order chi connectivity index (χ1) is 7.78. The van der Waals surface area contributed by atoms with Crippen LogP contribution in [0.2, 0.25) is 0 Å². The summed E-state index contributed by atoms with van der Waals surface area (Å²) in [6.45, 7) is 4.21. The average Bonchev–Trinajstić information content (AvgIpc) is 2.66. The quantitative estimate of drug-likeness (QED) is 0.836. The lowest BCUT2D eigenvalue weighted by Crippen LogP contribution is -2.24. The van der Waals surface area contributed by atoms with E-state index in [4.69, 9.17) is 0 Å². The zero-order valence-electron chi connectivity index (χ0n) is 9.75. The second-order valence-corrected chi connectivity index (χ2v) is 4.58. The summed E-state index contributed by atoms with van der Waals surface area (Å²) in [6, 6.07) is 6.91. The summed E-state index contributed by atoms with van der Waals surface area (Å²) >= 11 is 0. The SMILES string of the molecule is CNCC1CCN(Cc2cccc(F)c2)C1. The fraction of sp³-hybridized carbons (Fsp3) is 0.538. The Hall–Kier alpha value is -0.930. The van der Waals surface area contributed by atoms with Gasteiger partial charge in [-0.2, -0.15) is 0 Å². The second-order valence-electron chi connectivity index (χ2n) is 4.58. The van der Waals surface area contributed by atoms with Crippen molar-refractivity contribution in [3.8, 4) is 0 Å². The highest BCUT2D eigenvalue weighted by atomic mass is 19.1. The molecule has 0 aromatic heterocycles. The molecule has 1 saturated heterocycles. The summed E-state index contributed by atoms with van der Waals surface area (Å²) in [4.78, 5) is 2.40. The van der Waals surface area contributed by atoms with Gasteiger partial charge in [0.2, 0.25) is 0 Å². The summed E-state index contributed by atoms with van der Waals surface area (Å²) in [5.41, 5.74) is 1.07. The molecule has 0 radical (unpaired) electrons. The van der Waals surface area contributed by atoms with Gasteiger partial charge in [-0.3, -0.25) is 4.90 Å². The van der Waals surface area contributed by atoms with E-state index < -0.39 is 0 Å². The Bertz CT molecular complexity index is 340. The Balaban J connectivity index is 1.87. The van der Waals surface area contributed by atoms with Gasteiger partial charge in [0.25, 0.3) is 0 Å². The van der Waals surface area contributed by atoms with Crippen LogP contribution in [0.5, 0.6) is 0 Å². The Labute approximate surface area is 96.5 Å². The number of benzene rings is 1. The molecule has 88 valence electrons. The number of hydrogen-bond donors (Lipinski definition) is 1. The molecule has 1 aromatic carbocycles. The fourth-order valence-corrected chi connectivity index (χ4v) is 2.41. The van der Waals surface area contributed by atoms with Gasteiger partial charge in [-0.15, -0.1) is 0 Å². The zero-order chi connectivity index (χ0) is 11.4. The van der Waals surface area contributed by atoms with Gasteiger partial charge in [0.05, 0.1) is 0 Å². The first-order valence-corrected chi connectivity index (χ1v) is 5.89. The lowest BCUT2D eigenvalue weighted by Gasteiger charge is -2.16. The third-order valence-electron chi connectivity index (χ3n) is 3.16. The summed E-state index contributed by atoms with van der Waals surface area (Å²) < 4.78 is 13.0. The maximum absolute atomic E-state index is 13.0. The van der Waals surface area contributed by atoms with Crippen LogP contribution in [0.4, 0.5) is 4.39 Å². The smallest absolute Gasteiger partial charge is 0.123 e. The van der Waals surface area contributed by atoms with Crippen LogP contribution in [0.25, 0.3) is 0 Å². The Morgan fingerprint density at radius 2 is 2.38 bits per heavy atom. The standard InChI is InChI=1S/C13H19FN2/c1-15-8-12-5-6-16(10-12)9-11-3-2-4-13(14)7-11/h2-4,7,12,15H,5-6,8-10H2,1H3. The number of rotatable bonds is 4. The van der Waals surface area contributed by atoms with Gasteiger partial charge in [0.15, 0.2) is 0 Å². The van der Waals surface area contributed by atoms with E-state index in [2.05, 4.69) is 10.2 Å². The maximum atomic E-state index is 13.0. The summed E-state index contributed by atoms with van der Waals surface area (Å²) in [5, 5.41) is 3.22. The molecule has 16 heavy (non-hydrogen) atoms. The molecule has 1 aliphatic heterocycles. The fourth-order valence-electron chi connectivity index (χ4n) is 2.41. The minimum atomic E-state index is -0.136. The molecule has 0 saturated carbocycles. The van der Waals surface area contributed by atoms with E-state index in [1.54, 1.807) is 12.1 Å². The lowest BCUT2D eigenvalue weighted by atomic mass is 10.1. The topological polar surface area (TPSA) is 15.3 Å². The van der Waals surface area contributed by atoms with Crippen molar-refractivity contribution < 1.29 is 4.39 Å². The van der Waals surface area contributed by atoms with E-state index in [0.29, 0.717) is 0 Å². The highest BCUT2D eigenvalue weighted by Crippen LogP contribution is 2.18. The van der Waals surface area contributed by atoms with Gasteiger partial charge in [0, 0.05) is 13.1 Å². The third kappa shape index (κ3) is 3.03. The summed E-state index contributed by atoms with van der Waals surface area (Å²) in [5.74, 6) is 0.613. The van der Waals surface area contributed by atoms with Gasteiger partial charge in [-0.1, -0.05) is 12.1 Å². The second kappa shape index (κ2) is 5.41. The van der Waals surface area contributed by atoms with E-state index >= 15 is 0 Å². The molecule has 1 unspecified atom stereocenters. The molecule has 1 atom stereocenters. The van der Waals surface area contributed by atoms with Crippen LogP contribution in [0.3, 0.4) is 0 Å². The molecular formula is C13H19FN2. The monoisotopic (exact) mass is 222 g/mol. The van der Waals surface area contributed by atoms with Crippen LogP contribution >= 0.6 is 0 Å². The van der Waals surface area contributed by atoms with Crippen molar-refractivity contribution in [3.63, 3.8) is 0 Å². The molecule has 0 amide bonds. The molecule has 0 bridgehead atoms. The van der Waals surface area contributed by atoms with Crippen molar-refractivity contribution in [2.75, 3.05) is 26.7 Å². The minimum Gasteiger partial charge on any atom is -0.319 e.